The highest BCUT2D eigenvalue weighted by Crippen LogP contribution is 2.30. The summed E-state index contributed by atoms with van der Waals surface area (Å²) < 4.78 is 30.5. The fourth-order valence-corrected chi connectivity index (χ4v) is 2.90. The Bertz CT molecular complexity index is 884. The van der Waals surface area contributed by atoms with Crippen molar-refractivity contribution in [1.82, 2.24) is 9.88 Å². The molecule has 1 amide bonds. The van der Waals surface area contributed by atoms with Crippen LogP contribution in [0.1, 0.15) is 17.5 Å². The van der Waals surface area contributed by atoms with E-state index in [4.69, 9.17) is 25.7 Å². The molecule has 1 atom stereocenters. The quantitative estimate of drug-likeness (QED) is 0.527. The Morgan fingerprint density at radius 3 is 2.72 bits per heavy atom. The maximum absolute atomic E-state index is 14.3. The molecule has 10 heteroatoms. The lowest BCUT2D eigenvalue weighted by atomic mass is 10.1. The van der Waals surface area contributed by atoms with Gasteiger partial charge in [-0.05, 0) is 12.1 Å². The zero-order chi connectivity index (χ0) is 20.8. The first-order valence-corrected chi connectivity index (χ1v) is 8.86. The summed E-state index contributed by atoms with van der Waals surface area (Å²) in [4.78, 5) is 21.3. The summed E-state index contributed by atoms with van der Waals surface area (Å²) in [7, 11) is 1.59. The molecule has 154 valence electrons. The van der Waals surface area contributed by atoms with Gasteiger partial charge in [-0.2, -0.15) is 0 Å². The number of nitrogens with zero attached hydrogens (tertiary/aromatic N) is 3. The Kier molecular flexibility index (Phi) is 6.57. The van der Waals surface area contributed by atoms with Crippen molar-refractivity contribution in [3.63, 3.8) is 0 Å². The number of methoxy groups -OCH3 is 1. The van der Waals surface area contributed by atoms with Crippen LogP contribution in [0, 0.1) is 5.82 Å². The van der Waals surface area contributed by atoms with Crippen LogP contribution in [0.15, 0.2) is 47.5 Å². The summed E-state index contributed by atoms with van der Waals surface area (Å²) in [5, 5.41) is 0. The molecule has 0 bridgehead atoms. The Balaban J connectivity index is 1.67. The third-order valence-electron chi connectivity index (χ3n) is 4.17. The minimum Gasteiger partial charge on any atom is -0.472 e. The van der Waals surface area contributed by atoms with E-state index >= 15 is 0 Å². The van der Waals surface area contributed by atoms with Gasteiger partial charge in [-0.3, -0.25) is 4.90 Å². The van der Waals surface area contributed by atoms with Crippen LogP contribution in [-0.4, -0.2) is 48.2 Å². The molecule has 2 aromatic rings. The minimum absolute atomic E-state index is 0.198. The van der Waals surface area contributed by atoms with E-state index in [2.05, 4.69) is 9.98 Å². The number of hydrogen-bond donors (Lipinski definition) is 2. The molecule has 0 aliphatic carbocycles. The average molecular weight is 403 g/mol. The average Bonchev–Trinajstić information content (AvgIpc) is 2.63. The maximum Gasteiger partial charge on any atom is 0.438 e. The number of halogens is 1. The monoisotopic (exact) mass is 403 g/mol. The predicted octanol–water partition coefficient (Wildman–Crippen LogP) is 1.54. The first-order valence-electron chi connectivity index (χ1n) is 8.86. The molecule has 1 saturated heterocycles. The molecule has 0 spiro atoms. The molecule has 0 radical (unpaired) electrons. The van der Waals surface area contributed by atoms with Crippen molar-refractivity contribution in [2.24, 2.45) is 16.5 Å². The van der Waals surface area contributed by atoms with Crippen molar-refractivity contribution in [2.75, 3.05) is 20.2 Å². The largest absolute Gasteiger partial charge is 0.472 e. The fourth-order valence-electron chi connectivity index (χ4n) is 2.90. The molecule has 4 N–H and O–H groups in total. The van der Waals surface area contributed by atoms with E-state index in [1.165, 1.54) is 12.1 Å². The molecule has 1 aromatic carbocycles. The van der Waals surface area contributed by atoms with Gasteiger partial charge in [0.15, 0.2) is 12.2 Å². The van der Waals surface area contributed by atoms with Gasteiger partial charge in [0.25, 0.3) is 0 Å². The molecular formula is C19H22FN5O4. The van der Waals surface area contributed by atoms with Crippen LogP contribution in [-0.2, 0) is 16.1 Å². The number of ether oxygens (including phenoxy) is 3. The number of aliphatic imine (C=N–C) groups is 1. The second kappa shape index (κ2) is 9.30. The van der Waals surface area contributed by atoms with Gasteiger partial charge in [0.05, 0.1) is 12.3 Å². The molecule has 3 rings (SSSR count). The Morgan fingerprint density at radius 1 is 1.28 bits per heavy atom. The molecule has 2 heterocycles. The van der Waals surface area contributed by atoms with Gasteiger partial charge in [0, 0.05) is 31.8 Å². The predicted molar refractivity (Wildman–Crippen MR) is 102 cm³/mol. The normalized spacial score (nSPS) is 15.2. The first kappa shape index (κ1) is 20.5. The van der Waals surface area contributed by atoms with Crippen LogP contribution >= 0.6 is 0 Å². The molecule has 1 unspecified atom stereocenters. The van der Waals surface area contributed by atoms with Gasteiger partial charge in [0.2, 0.25) is 5.88 Å². The number of likely N-dealkylation sites (tertiary alicyclic amines) is 1. The van der Waals surface area contributed by atoms with Gasteiger partial charge >= 0.3 is 6.09 Å². The second-order valence-electron chi connectivity index (χ2n) is 6.39. The molecule has 1 fully saturated rings. The molecule has 1 aliphatic rings. The molecule has 1 aromatic heterocycles. The topological polar surface area (TPSA) is 125 Å². The zero-order valence-electron chi connectivity index (χ0n) is 15.8. The van der Waals surface area contributed by atoms with E-state index in [1.807, 2.05) is 12.1 Å². The van der Waals surface area contributed by atoms with E-state index in [9.17, 15) is 9.18 Å². The van der Waals surface area contributed by atoms with Crippen molar-refractivity contribution in [3.05, 3.63) is 59.5 Å². The number of rotatable bonds is 7. The SMILES string of the molecule is COCc1cccc(OC2CN(C(OC(=O)N=C(N)N)c3ccccc3F)C2)n1. The number of carbonyl (C=O) groups is 1. The van der Waals surface area contributed by atoms with Gasteiger partial charge in [-0.15, -0.1) is 4.99 Å². The van der Waals surface area contributed by atoms with Crippen molar-refractivity contribution >= 4 is 12.1 Å². The van der Waals surface area contributed by atoms with Crippen LogP contribution in [0.5, 0.6) is 5.88 Å². The van der Waals surface area contributed by atoms with E-state index in [1.54, 1.807) is 30.2 Å². The van der Waals surface area contributed by atoms with Crippen molar-refractivity contribution in [2.45, 2.75) is 18.9 Å². The van der Waals surface area contributed by atoms with Crippen molar-refractivity contribution in [1.29, 1.82) is 0 Å². The van der Waals surface area contributed by atoms with Crippen LogP contribution in [0.25, 0.3) is 0 Å². The Labute approximate surface area is 167 Å². The Hall–Kier alpha value is -3.24. The number of guanidine groups is 1. The first-order chi connectivity index (χ1) is 14.0. The summed E-state index contributed by atoms with van der Waals surface area (Å²) in [6, 6.07) is 11.4. The lowest BCUT2D eigenvalue weighted by Crippen LogP contribution is -2.55. The van der Waals surface area contributed by atoms with E-state index < -0.39 is 24.1 Å². The minimum atomic E-state index is -1.00. The lowest BCUT2D eigenvalue weighted by Gasteiger charge is -2.42. The van der Waals surface area contributed by atoms with E-state index in [0.717, 1.165) is 5.69 Å². The highest BCUT2D eigenvalue weighted by molar-refractivity contribution is 5.87. The Morgan fingerprint density at radius 2 is 2.03 bits per heavy atom. The highest BCUT2D eigenvalue weighted by atomic mass is 19.1. The molecule has 0 saturated carbocycles. The van der Waals surface area contributed by atoms with Crippen LogP contribution in [0.2, 0.25) is 0 Å². The summed E-state index contributed by atoms with van der Waals surface area (Å²) in [6.07, 6.45) is -2.19. The van der Waals surface area contributed by atoms with E-state index in [0.29, 0.717) is 25.6 Å². The van der Waals surface area contributed by atoms with Gasteiger partial charge in [-0.25, -0.2) is 14.2 Å². The second-order valence-corrected chi connectivity index (χ2v) is 6.39. The van der Waals surface area contributed by atoms with Crippen LogP contribution in [0.3, 0.4) is 0 Å². The van der Waals surface area contributed by atoms with E-state index in [-0.39, 0.29) is 11.7 Å². The summed E-state index contributed by atoms with van der Waals surface area (Å²) in [5.41, 5.74) is 11.4. The van der Waals surface area contributed by atoms with Crippen molar-refractivity contribution in [3.8, 4) is 5.88 Å². The molecular weight excluding hydrogens is 381 g/mol. The smallest absolute Gasteiger partial charge is 0.438 e. The molecule has 1 aliphatic heterocycles. The number of aromatic nitrogens is 1. The van der Waals surface area contributed by atoms with Gasteiger partial charge < -0.3 is 25.7 Å². The number of amides is 1. The fraction of sp³-hybridized carbons (Fsp3) is 0.316. The summed E-state index contributed by atoms with van der Waals surface area (Å²) in [6.45, 7) is 1.17. The van der Waals surface area contributed by atoms with Crippen LogP contribution in [0.4, 0.5) is 9.18 Å². The number of pyridine rings is 1. The highest BCUT2D eigenvalue weighted by Gasteiger charge is 2.38. The van der Waals surface area contributed by atoms with Gasteiger partial charge in [0.1, 0.15) is 11.9 Å². The standard InChI is InChI=1S/C19H22FN5O4/c1-27-11-12-5-4-8-16(23-12)28-13-9-25(10-13)17(29-19(26)24-18(21)22)14-6-2-3-7-15(14)20/h2-8,13,17H,9-11H2,1H3,(H4,21,22,24,26). The van der Waals surface area contributed by atoms with Crippen LogP contribution < -0.4 is 16.2 Å². The zero-order valence-corrected chi connectivity index (χ0v) is 15.8. The maximum atomic E-state index is 14.3. The number of benzene rings is 1. The lowest BCUT2D eigenvalue weighted by molar-refractivity contribution is -0.0968. The third kappa shape index (κ3) is 5.39. The third-order valence-corrected chi connectivity index (χ3v) is 4.17. The summed E-state index contributed by atoms with van der Waals surface area (Å²) in [5.74, 6) is -0.480. The molecule has 29 heavy (non-hydrogen) atoms. The molecule has 9 nitrogen and oxygen atoms in total. The number of hydrogen-bond acceptors (Lipinski definition) is 6. The van der Waals surface area contributed by atoms with Crippen molar-refractivity contribution < 1.29 is 23.4 Å². The number of carbonyl (C=O) groups excluding carboxylic acids is 1. The number of nitrogens with two attached hydrogens (primary N) is 2. The van der Waals surface area contributed by atoms with Gasteiger partial charge in [-0.1, -0.05) is 24.3 Å². The summed E-state index contributed by atoms with van der Waals surface area (Å²) >= 11 is 0.